The zero-order valence-corrected chi connectivity index (χ0v) is 14.3. The fourth-order valence-corrected chi connectivity index (χ4v) is 4.45. The molecule has 122 valence electrons. The quantitative estimate of drug-likeness (QED) is 0.509. The Morgan fingerprint density at radius 1 is 1.27 bits per heavy atom. The normalized spacial score (nSPS) is 12.7. The Labute approximate surface area is 132 Å². The van der Waals surface area contributed by atoms with Gasteiger partial charge >= 0.3 is 7.60 Å². The molecule has 0 bridgehead atoms. The lowest BCUT2D eigenvalue weighted by molar-refractivity contribution is -0.129. The monoisotopic (exact) mass is 325 g/mol. The van der Waals surface area contributed by atoms with E-state index in [1.807, 2.05) is 30.3 Å². The Hall–Kier alpha value is -1.42. The molecule has 22 heavy (non-hydrogen) atoms. The number of carbonyl (C=O) groups excluding carboxylic acids is 1. The summed E-state index contributed by atoms with van der Waals surface area (Å²) < 4.78 is 24.2. The third-order valence-electron chi connectivity index (χ3n) is 3.04. The summed E-state index contributed by atoms with van der Waals surface area (Å²) in [7, 11) is -3.53. The second-order valence-electron chi connectivity index (χ2n) is 4.62. The van der Waals surface area contributed by atoms with Crippen molar-refractivity contribution in [3.8, 4) is 0 Å². The van der Waals surface area contributed by atoms with Crippen LogP contribution in [-0.2, 0) is 18.4 Å². The first-order valence-corrected chi connectivity index (χ1v) is 8.93. The lowest BCUT2D eigenvalue weighted by atomic mass is 10.2. The topological polar surface area (TPSA) is 55.8 Å². The van der Waals surface area contributed by atoms with E-state index in [1.54, 1.807) is 19.9 Å². The molecule has 1 aromatic carbocycles. The molecule has 0 spiro atoms. The van der Waals surface area contributed by atoms with Gasteiger partial charge in [0, 0.05) is 13.5 Å². The highest BCUT2D eigenvalue weighted by Gasteiger charge is 2.41. The molecule has 5 nitrogen and oxygen atoms in total. The maximum atomic E-state index is 13.3. The van der Waals surface area contributed by atoms with E-state index >= 15 is 0 Å². The molecule has 6 heteroatoms. The summed E-state index contributed by atoms with van der Waals surface area (Å²) >= 11 is 0. The largest absolute Gasteiger partial charge is 0.357 e. The van der Waals surface area contributed by atoms with Crippen molar-refractivity contribution in [2.75, 3.05) is 19.8 Å². The van der Waals surface area contributed by atoms with Gasteiger partial charge in [0.05, 0.1) is 13.2 Å². The van der Waals surface area contributed by atoms with Gasteiger partial charge in [-0.2, -0.15) is 0 Å². The molecular weight excluding hydrogens is 301 g/mol. The maximum Gasteiger partial charge on any atom is 0.357 e. The van der Waals surface area contributed by atoms with E-state index in [1.165, 1.54) is 11.8 Å². The molecule has 1 unspecified atom stereocenters. The summed E-state index contributed by atoms with van der Waals surface area (Å²) in [5.74, 6) is -1.00. The first-order chi connectivity index (χ1) is 10.5. The van der Waals surface area contributed by atoms with Gasteiger partial charge in [0.2, 0.25) is 5.91 Å². The summed E-state index contributed by atoms with van der Waals surface area (Å²) in [4.78, 5) is 13.5. The van der Waals surface area contributed by atoms with E-state index in [2.05, 4.69) is 6.58 Å². The third-order valence-corrected chi connectivity index (χ3v) is 5.45. The summed E-state index contributed by atoms with van der Waals surface area (Å²) in [6, 6.07) is 9.15. The Balaban J connectivity index is 3.40. The summed E-state index contributed by atoms with van der Waals surface area (Å²) in [6.45, 7) is 9.33. The summed E-state index contributed by atoms with van der Waals surface area (Å²) in [5.41, 5.74) is 0.713. The van der Waals surface area contributed by atoms with Crippen molar-refractivity contribution in [3.05, 3.63) is 48.6 Å². The van der Waals surface area contributed by atoms with Crippen molar-refractivity contribution in [2.45, 2.75) is 26.6 Å². The van der Waals surface area contributed by atoms with Crippen LogP contribution in [0.3, 0.4) is 0 Å². The molecule has 0 saturated carbocycles. The van der Waals surface area contributed by atoms with Crippen LogP contribution in [0.25, 0.3) is 0 Å². The minimum Gasteiger partial charge on any atom is -0.321 e. The van der Waals surface area contributed by atoms with Crippen LogP contribution in [0.4, 0.5) is 0 Å². The average molecular weight is 325 g/mol. The molecule has 0 aromatic heterocycles. The molecule has 0 heterocycles. The Morgan fingerprint density at radius 3 is 2.23 bits per heavy atom. The van der Waals surface area contributed by atoms with Gasteiger partial charge in [-0.3, -0.25) is 9.36 Å². The molecule has 0 aliphatic rings. The Kier molecular flexibility index (Phi) is 7.52. The number of benzene rings is 1. The summed E-state index contributed by atoms with van der Waals surface area (Å²) in [5, 5.41) is 0. The standard InChI is InChI=1S/C16H24NO4P/c1-5-13-17(14(4)18)16(15-11-9-8-10-12-15)22(19,20-6-2)21-7-3/h5,8-12,16H,1,6-7,13H2,2-4H3. The predicted molar refractivity (Wildman–Crippen MR) is 87.6 cm³/mol. The lowest BCUT2D eigenvalue weighted by Crippen LogP contribution is -2.34. The van der Waals surface area contributed by atoms with Gasteiger partial charge in [0.25, 0.3) is 0 Å². The van der Waals surface area contributed by atoms with Crippen molar-refractivity contribution in [3.63, 3.8) is 0 Å². The van der Waals surface area contributed by atoms with Crippen molar-refractivity contribution in [1.82, 2.24) is 4.90 Å². The number of nitrogens with zero attached hydrogens (tertiary/aromatic N) is 1. The Bertz CT molecular complexity index is 522. The molecule has 0 N–H and O–H groups in total. The van der Waals surface area contributed by atoms with Gasteiger partial charge in [-0.25, -0.2) is 0 Å². The molecule has 0 aliphatic heterocycles. The zero-order valence-electron chi connectivity index (χ0n) is 13.4. The SMILES string of the molecule is C=CCN(C(C)=O)C(c1ccccc1)P(=O)(OCC)OCC. The molecular formula is C16H24NO4P. The van der Waals surface area contributed by atoms with Gasteiger partial charge in [-0.15, -0.1) is 6.58 Å². The van der Waals surface area contributed by atoms with Crippen LogP contribution in [-0.4, -0.2) is 30.6 Å². The van der Waals surface area contributed by atoms with Gasteiger partial charge in [-0.1, -0.05) is 36.4 Å². The molecule has 0 saturated heterocycles. The van der Waals surface area contributed by atoms with Crippen molar-refractivity contribution < 1.29 is 18.4 Å². The fourth-order valence-electron chi connectivity index (χ4n) is 2.24. The van der Waals surface area contributed by atoms with E-state index in [9.17, 15) is 9.36 Å². The van der Waals surface area contributed by atoms with Crippen LogP contribution in [0.5, 0.6) is 0 Å². The predicted octanol–water partition coefficient (Wildman–Crippen LogP) is 3.99. The molecule has 1 aromatic rings. The number of carbonyl (C=O) groups is 1. The van der Waals surface area contributed by atoms with Crippen LogP contribution in [0.1, 0.15) is 32.1 Å². The van der Waals surface area contributed by atoms with E-state index in [0.717, 1.165) is 0 Å². The summed E-state index contributed by atoms with van der Waals surface area (Å²) in [6.07, 6.45) is 1.60. The van der Waals surface area contributed by atoms with E-state index in [0.29, 0.717) is 5.56 Å². The highest BCUT2D eigenvalue weighted by Crippen LogP contribution is 2.62. The minimum atomic E-state index is -3.53. The first kappa shape index (κ1) is 18.6. The minimum absolute atomic E-state index is 0.214. The van der Waals surface area contributed by atoms with Crippen molar-refractivity contribution >= 4 is 13.5 Å². The zero-order chi connectivity index (χ0) is 16.6. The second-order valence-corrected chi connectivity index (χ2v) is 6.70. The van der Waals surface area contributed by atoms with E-state index < -0.39 is 13.4 Å². The number of hydrogen-bond acceptors (Lipinski definition) is 4. The van der Waals surface area contributed by atoms with Crippen molar-refractivity contribution in [1.29, 1.82) is 0 Å². The highest BCUT2D eigenvalue weighted by molar-refractivity contribution is 7.54. The molecule has 1 atom stereocenters. The smallest absolute Gasteiger partial charge is 0.321 e. The number of amides is 1. The van der Waals surface area contributed by atoms with Crippen LogP contribution < -0.4 is 0 Å². The van der Waals surface area contributed by atoms with Crippen LogP contribution >= 0.6 is 7.60 Å². The van der Waals surface area contributed by atoms with Crippen LogP contribution in [0.2, 0.25) is 0 Å². The molecule has 0 radical (unpaired) electrons. The average Bonchev–Trinajstić information content (AvgIpc) is 2.48. The van der Waals surface area contributed by atoms with Gasteiger partial charge in [0.1, 0.15) is 0 Å². The van der Waals surface area contributed by atoms with Crippen molar-refractivity contribution in [2.24, 2.45) is 0 Å². The lowest BCUT2D eigenvalue weighted by Gasteiger charge is -2.34. The van der Waals surface area contributed by atoms with E-state index in [4.69, 9.17) is 9.05 Å². The number of hydrogen-bond donors (Lipinski definition) is 0. The molecule has 0 fully saturated rings. The highest BCUT2D eigenvalue weighted by atomic mass is 31.2. The first-order valence-electron chi connectivity index (χ1n) is 7.32. The molecule has 1 amide bonds. The van der Waals surface area contributed by atoms with Crippen LogP contribution in [0, 0.1) is 0 Å². The van der Waals surface area contributed by atoms with E-state index in [-0.39, 0.29) is 25.7 Å². The van der Waals surface area contributed by atoms with Gasteiger partial charge in [0.15, 0.2) is 5.78 Å². The van der Waals surface area contributed by atoms with Gasteiger partial charge in [-0.05, 0) is 19.4 Å². The third kappa shape index (κ3) is 4.54. The second kappa shape index (κ2) is 8.89. The molecule has 0 aliphatic carbocycles. The fraction of sp³-hybridized carbons (Fsp3) is 0.438. The Morgan fingerprint density at radius 2 is 1.82 bits per heavy atom. The maximum absolute atomic E-state index is 13.3. The number of rotatable bonds is 9. The molecule has 1 rings (SSSR count). The van der Waals surface area contributed by atoms with Gasteiger partial charge < -0.3 is 13.9 Å². The van der Waals surface area contributed by atoms with Crippen LogP contribution in [0.15, 0.2) is 43.0 Å².